The molecule has 0 aliphatic carbocycles. The fraction of sp³-hybridized carbons (Fsp3) is 0.234. The maximum Gasteiger partial charge on any atom is 0.323 e. The van der Waals surface area contributed by atoms with Gasteiger partial charge in [-0.05, 0) is 76.6 Å². The molecule has 5 aromatic carbocycles. The molecule has 0 saturated heterocycles. The van der Waals surface area contributed by atoms with Crippen LogP contribution in [0.1, 0.15) is 59.1 Å². The average molecular weight is 860 g/mol. The SMILES string of the molecule is COc1cc(Cc2cc(Oc3ccc(NC(=O)Nc4cc(C(C)(C)C)cc(NS(C)(=O)=O)c4OC)c4ccccc34)ccn2)ccc1C(=O)Cc1ccc(C[C@H](N)C(=O)O)cc1. The number of nitrogens with zero attached hydrogens (tertiary/aromatic N) is 1. The number of aromatic nitrogens is 1. The van der Waals surface area contributed by atoms with Crippen molar-refractivity contribution in [1.29, 1.82) is 0 Å². The van der Waals surface area contributed by atoms with Gasteiger partial charge >= 0.3 is 12.0 Å². The summed E-state index contributed by atoms with van der Waals surface area (Å²) in [6, 6.07) is 29.0. The maximum absolute atomic E-state index is 13.5. The van der Waals surface area contributed by atoms with Crippen LogP contribution < -0.4 is 35.3 Å². The lowest BCUT2D eigenvalue weighted by molar-refractivity contribution is -0.138. The minimum atomic E-state index is -3.65. The molecule has 15 heteroatoms. The van der Waals surface area contributed by atoms with Crippen LogP contribution in [0.5, 0.6) is 23.0 Å². The maximum atomic E-state index is 13.5. The summed E-state index contributed by atoms with van der Waals surface area (Å²) in [7, 11) is -0.741. The number of carbonyl (C=O) groups excluding carboxylic acids is 2. The molecular weight excluding hydrogens is 811 g/mol. The number of carboxylic acid groups (broad SMARTS) is 1. The van der Waals surface area contributed by atoms with E-state index >= 15 is 0 Å². The van der Waals surface area contributed by atoms with E-state index in [1.807, 2.05) is 63.2 Å². The zero-order chi connectivity index (χ0) is 44.8. The summed E-state index contributed by atoms with van der Waals surface area (Å²) in [4.78, 5) is 42.5. The zero-order valence-electron chi connectivity index (χ0n) is 35.2. The van der Waals surface area contributed by atoms with Gasteiger partial charge in [0.1, 0.15) is 23.3 Å². The van der Waals surface area contributed by atoms with Crippen LogP contribution in [0.4, 0.5) is 21.9 Å². The quantitative estimate of drug-likeness (QED) is 0.0585. The number of hydrogen-bond donors (Lipinski definition) is 5. The molecule has 0 aliphatic heterocycles. The predicted molar refractivity (Wildman–Crippen MR) is 241 cm³/mol. The number of rotatable bonds is 16. The summed E-state index contributed by atoms with van der Waals surface area (Å²) in [5.41, 5.74) is 10.6. The first-order valence-electron chi connectivity index (χ1n) is 19.6. The van der Waals surface area contributed by atoms with E-state index < -0.39 is 28.1 Å². The van der Waals surface area contributed by atoms with Crippen molar-refractivity contribution >= 4 is 55.6 Å². The van der Waals surface area contributed by atoms with E-state index in [-0.39, 0.29) is 41.2 Å². The number of Topliss-reactive ketones (excluding diaryl/α,β-unsaturated/α-hetero) is 1. The van der Waals surface area contributed by atoms with Crippen molar-refractivity contribution < 1.29 is 42.1 Å². The van der Waals surface area contributed by atoms with Crippen molar-refractivity contribution in [3.63, 3.8) is 0 Å². The van der Waals surface area contributed by atoms with Gasteiger partial charge in [-0.2, -0.15) is 0 Å². The number of benzene rings is 5. The minimum absolute atomic E-state index is 0.129. The molecule has 0 bridgehead atoms. The number of nitrogens with two attached hydrogens (primary N) is 1. The molecule has 6 N–H and O–H groups in total. The van der Waals surface area contributed by atoms with Gasteiger partial charge in [0, 0.05) is 41.6 Å². The predicted octanol–water partition coefficient (Wildman–Crippen LogP) is 8.33. The molecule has 6 aromatic rings. The number of ether oxygens (including phenoxy) is 3. The molecule has 0 aliphatic rings. The van der Waals surface area contributed by atoms with Crippen molar-refractivity contribution in [2.24, 2.45) is 5.73 Å². The molecule has 2 amide bonds. The van der Waals surface area contributed by atoms with Gasteiger partial charge in [-0.25, -0.2) is 13.2 Å². The Morgan fingerprint density at radius 2 is 1.44 bits per heavy atom. The number of nitrogens with one attached hydrogen (secondary N) is 3. The summed E-state index contributed by atoms with van der Waals surface area (Å²) in [6.07, 6.45) is 3.45. The van der Waals surface area contributed by atoms with Gasteiger partial charge in [0.2, 0.25) is 10.0 Å². The van der Waals surface area contributed by atoms with Crippen LogP contribution in [0.2, 0.25) is 0 Å². The van der Waals surface area contributed by atoms with Crippen LogP contribution in [-0.2, 0) is 39.5 Å². The lowest BCUT2D eigenvalue weighted by Gasteiger charge is -2.24. The second kappa shape index (κ2) is 18.7. The number of anilines is 3. The molecule has 0 fully saturated rings. The van der Waals surface area contributed by atoms with E-state index in [4.69, 9.17) is 25.1 Å². The van der Waals surface area contributed by atoms with Crippen LogP contribution in [0.25, 0.3) is 10.8 Å². The number of methoxy groups -OCH3 is 2. The first kappa shape index (κ1) is 44.6. The Morgan fingerprint density at radius 3 is 2.10 bits per heavy atom. The van der Waals surface area contributed by atoms with Gasteiger partial charge in [0.25, 0.3) is 0 Å². The highest BCUT2D eigenvalue weighted by Crippen LogP contribution is 2.40. The van der Waals surface area contributed by atoms with Crippen molar-refractivity contribution in [3.8, 4) is 23.0 Å². The van der Waals surface area contributed by atoms with Gasteiger partial charge < -0.3 is 35.7 Å². The second-order valence-electron chi connectivity index (χ2n) is 15.8. The highest BCUT2D eigenvalue weighted by atomic mass is 32.2. The van der Waals surface area contributed by atoms with E-state index in [1.54, 1.807) is 66.9 Å². The van der Waals surface area contributed by atoms with E-state index in [1.165, 1.54) is 14.2 Å². The standard InChI is InChI=1S/C47H49N5O9S/c1-47(2,3)31-25-39(44(60-5)40(26-31)52-62(6,57)58)51-46(56)50-38-17-18-42(35-10-8-7-9-34(35)38)61-33-19-20-49-32(27-33)21-30-15-16-36(43(24-30)59-4)41(53)23-29-13-11-28(12-14-29)22-37(48)45(54)55/h7-20,24-27,37,52H,21-23,48H2,1-6H3,(H,54,55)(H2,50,51,56)/t37-/m0/s1. The number of aliphatic carboxylic acids is 1. The molecule has 14 nitrogen and oxygen atoms in total. The first-order chi connectivity index (χ1) is 29.4. The summed E-state index contributed by atoms with van der Waals surface area (Å²) < 4.78 is 44.5. The summed E-state index contributed by atoms with van der Waals surface area (Å²) in [5.74, 6) is 0.479. The Kier molecular flexibility index (Phi) is 13.5. The van der Waals surface area contributed by atoms with Crippen LogP contribution >= 0.6 is 0 Å². The van der Waals surface area contributed by atoms with E-state index in [9.17, 15) is 22.8 Å². The zero-order valence-corrected chi connectivity index (χ0v) is 36.1. The molecule has 1 aromatic heterocycles. The third-order valence-corrected chi connectivity index (χ3v) is 10.6. The molecule has 1 atom stereocenters. The van der Waals surface area contributed by atoms with Gasteiger partial charge in [0.15, 0.2) is 11.5 Å². The molecule has 0 saturated carbocycles. The monoisotopic (exact) mass is 859 g/mol. The smallest absolute Gasteiger partial charge is 0.323 e. The fourth-order valence-electron chi connectivity index (χ4n) is 6.84. The molecule has 0 spiro atoms. The number of pyridine rings is 1. The topological polar surface area (TPSA) is 208 Å². The summed E-state index contributed by atoms with van der Waals surface area (Å²) in [5, 5.41) is 16.3. The van der Waals surface area contributed by atoms with Crippen LogP contribution in [0.3, 0.4) is 0 Å². The molecule has 1 heterocycles. The normalized spacial score (nSPS) is 12.0. The number of ketones is 1. The number of amides is 2. The molecule has 0 radical (unpaired) electrons. The molecule has 6 rings (SSSR count). The lowest BCUT2D eigenvalue weighted by atomic mass is 9.86. The Bertz CT molecular complexity index is 2750. The largest absolute Gasteiger partial charge is 0.496 e. The Morgan fingerprint density at radius 1 is 0.774 bits per heavy atom. The summed E-state index contributed by atoms with van der Waals surface area (Å²) >= 11 is 0. The third-order valence-electron chi connectivity index (χ3n) is 9.96. The number of hydrogen-bond acceptors (Lipinski definition) is 10. The van der Waals surface area contributed by atoms with Crippen molar-refractivity contribution in [2.75, 3.05) is 35.8 Å². The Hall–Kier alpha value is -6.97. The molecule has 62 heavy (non-hydrogen) atoms. The number of fused-ring (bicyclic) bond motifs is 1. The lowest BCUT2D eigenvalue weighted by Crippen LogP contribution is -2.32. The van der Waals surface area contributed by atoms with Gasteiger partial charge in [-0.15, -0.1) is 0 Å². The Balaban J connectivity index is 1.15. The highest BCUT2D eigenvalue weighted by Gasteiger charge is 2.23. The average Bonchev–Trinajstić information content (AvgIpc) is 3.21. The van der Waals surface area contributed by atoms with E-state index in [0.29, 0.717) is 46.0 Å². The van der Waals surface area contributed by atoms with E-state index in [0.717, 1.165) is 33.9 Å². The first-order valence-corrected chi connectivity index (χ1v) is 21.5. The number of carboxylic acids is 1. The van der Waals surface area contributed by atoms with Crippen LogP contribution in [0.15, 0.2) is 109 Å². The van der Waals surface area contributed by atoms with Crippen LogP contribution in [0, 0.1) is 0 Å². The van der Waals surface area contributed by atoms with Gasteiger partial charge in [-0.1, -0.05) is 75.4 Å². The van der Waals surface area contributed by atoms with Crippen molar-refractivity contribution in [2.45, 2.75) is 51.5 Å². The van der Waals surface area contributed by atoms with Crippen molar-refractivity contribution in [3.05, 3.63) is 143 Å². The van der Waals surface area contributed by atoms with Crippen molar-refractivity contribution in [1.82, 2.24) is 4.98 Å². The fourth-order valence-corrected chi connectivity index (χ4v) is 7.39. The number of sulfonamides is 1. The molecule has 0 unspecified atom stereocenters. The molecular formula is C47H49N5O9S. The minimum Gasteiger partial charge on any atom is -0.496 e. The summed E-state index contributed by atoms with van der Waals surface area (Å²) in [6.45, 7) is 5.93. The van der Waals surface area contributed by atoms with Crippen LogP contribution in [-0.4, -0.2) is 62.8 Å². The van der Waals surface area contributed by atoms with E-state index in [2.05, 4.69) is 20.3 Å². The van der Waals surface area contributed by atoms with Gasteiger partial charge in [0.05, 0.1) is 43.1 Å². The second-order valence-corrected chi connectivity index (χ2v) is 17.6. The van der Waals surface area contributed by atoms with Gasteiger partial charge in [-0.3, -0.25) is 19.3 Å². The number of urea groups is 1. The third kappa shape index (κ3) is 11.2. The Labute approximate surface area is 360 Å². The molecule has 322 valence electrons. The number of carbonyl (C=O) groups is 3. The highest BCUT2D eigenvalue weighted by molar-refractivity contribution is 7.92.